The van der Waals surface area contributed by atoms with Gasteiger partial charge in [-0.15, -0.1) is 0 Å². The van der Waals surface area contributed by atoms with Crippen molar-refractivity contribution in [3.8, 4) is 0 Å². The zero-order valence-corrected chi connectivity index (χ0v) is 17.4. The molecular weight excluding hydrogens is 441 g/mol. The van der Waals surface area contributed by atoms with E-state index in [2.05, 4.69) is 21.0 Å². The van der Waals surface area contributed by atoms with Gasteiger partial charge in [0.05, 0.1) is 14.4 Å². The van der Waals surface area contributed by atoms with E-state index in [-0.39, 0.29) is 20.6 Å². The second-order valence-electron chi connectivity index (χ2n) is 5.40. The summed E-state index contributed by atoms with van der Waals surface area (Å²) in [5.41, 5.74) is 0.337. The van der Waals surface area contributed by atoms with Gasteiger partial charge in [0.1, 0.15) is 16.9 Å². The molecule has 0 fully saturated rings. The predicted molar refractivity (Wildman–Crippen MR) is 106 cm³/mol. The molecule has 0 aliphatic carbocycles. The van der Waals surface area contributed by atoms with E-state index in [0.717, 1.165) is 12.1 Å². The average Bonchev–Trinajstić information content (AvgIpc) is 2.93. The second kappa shape index (κ2) is 8.14. The van der Waals surface area contributed by atoms with Crippen molar-refractivity contribution >= 4 is 49.9 Å². The highest BCUT2D eigenvalue weighted by atomic mass is 79.9. The quantitative estimate of drug-likeness (QED) is 0.292. The maximum Gasteiger partial charge on any atom is 0.282 e. The first kappa shape index (κ1) is 21.0. The molecule has 0 bridgehead atoms. The predicted octanol–water partition coefficient (Wildman–Crippen LogP) is 5.60. The fourth-order valence-electron chi connectivity index (χ4n) is 2.57. The number of ketones is 1. The Morgan fingerprint density at radius 2 is 1.96 bits per heavy atom. The Kier molecular flexibility index (Phi) is 6.33. The number of hydrogen-bond acceptors (Lipinski definition) is 4. The molecule has 27 heavy (non-hydrogen) atoms. The fourth-order valence-corrected chi connectivity index (χ4v) is 3.44. The minimum Gasteiger partial charge on any atom is -0.288 e. The summed E-state index contributed by atoms with van der Waals surface area (Å²) in [6.07, 6.45) is 0. The van der Waals surface area contributed by atoms with Crippen molar-refractivity contribution in [1.82, 2.24) is 9.78 Å². The molecule has 0 atom stereocenters. The zero-order chi connectivity index (χ0) is 20.5. The van der Waals surface area contributed by atoms with Crippen LogP contribution in [0, 0.1) is 22.9 Å². The molecule has 9 heteroatoms. The van der Waals surface area contributed by atoms with Gasteiger partial charge in [0.2, 0.25) is 5.78 Å². The number of benzene rings is 2. The summed E-state index contributed by atoms with van der Waals surface area (Å²) in [5, 5.41) is 16.3. The molecule has 0 saturated carbocycles. The van der Waals surface area contributed by atoms with Gasteiger partial charge in [-0.2, -0.15) is 5.10 Å². The molecule has 1 aromatic heterocycles. The molecule has 3 aromatic rings. The molecule has 0 amide bonds. The first-order valence-electron chi connectivity index (χ1n) is 8.02. The lowest BCUT2D eigenvalue weighted by molar-refractivity contribution is -0.385. The first-order chi connectivity index (χ1) is 12.7. The summed E-state index contributed by atoms with van der Waals surface area (Å²) < 4.78 is 15.3. The summed E-state index contributed by atoms with van der Waals surface area (Å²) in [6.45, 7) is 5.76. The summed E-state index contributed by atoms with van der Waals surface area (Å²) in [4.78, 5) is 23.7. The lowest BCUT2D eigenvalue weighted by Crippen LogP contribution is -2.08. The van der Waals surface area contributed by atoms with Gasteiger partial charge in [-0.3, -0.25) is 19.6 Å². The van der Waals surface area contributed by atoms with Crippen LogP contribution in [0.4, 0.5) is 10.1 Å². The molecule has 1 heterocycles. The van der Waals surface area contributed by atoms with Crippen LogP contribution in [-0.4, -0.2) is 20.5 Å². The normalized spacial score (nSPS) is 10.5. The molecule has 0 unspecified atom stereocenters. The van der Waals surface area contributed by atoms with Gasteiger partial charge in [0.15, 0.2) is 0 Å². The number of aryl methyl sites for hydroxylation is 2. The fraction of sp³-hybridized carbons (Fsp3) is 0.222. The van der Waals surface area contributed by atoms with Gasteiger partial charge in [-0.05, 0) is 41.1 Å². The van der Waals surface area contributed by atoms with E-state index in [9.17, 15) is 19.3 Å². The number of rotatable bonds is 3. The van der Waals surface area contributed by atoms with Gasteiger partial charge < -0.3 is 0 Å². The number of carbonyl (C=O) groups is 1. The number of aromatic nitrogens is 2. The number of fused-ring (bicyclic) bond motifs is 1. The van der Waals surface area contributed by atoms with Gasteiger partial charge >= 0.3 is 0 Å². The standard InChI is InChI=1S/C16H10BrClFN3O3.C2H6/c1-7-9-6-12(22(24)25)13(14(17)15(9)20-21(7)2)16(23)10-5-8(19)3-4-11(10)18;1-2/h3-6H,1-2H3;1-2H3. The Labute approximate surface area is 168 Å². The smallest absolute Gasteiger partial charge is 0.282 e. The lowest BCUT2D eigenvalue weighted by atomic mass is 9.99. The van der Waals surface area contributed by atoms with E-state index in [1.165, 1.54) is 12.1 Å². The lowest BCUT2D eigenvalue weighted by Gasteiger charge is -2.08. The van der Waals surface area contributed by atoms with Crippen LogP contribution in [0.15, 0.2) is 28.7 Å². The average molecular weight is 457 g/mol. The summed E-state index contributed by atoms with van der Waals surface area (Å²) in [6, 6.07) is 4.58. The molecule has 142 valence electrons. The van der Waals surface area contributed by atoms with Crippen LogP contribution in [0.25, 0.3) is 10.9 Å². The van der Waals surface area contributed by atoms with Crippen molar-refractivity contribution in [2.24, 2.45) is 7.05 Å². The SMILES string of the molecule is CC.Cc1c2cc([N+](=O)[O-])c(C(=O)c3cc(F)ccc3Cl)c(Br)c2nn1C. The topological polar surface area (TPSA) is 78.0 Å². The molecule has 0 aliphatic rings. The van der Waals surface area contributed by atoms with Gasteiger partial charge in [-0.25, -0.2) is 4.39 Å². The maximum atomic E-state index is 13.5. The third kappa shape index (κ3) is 3.72. The van der Waals surface area contributed by atoms with Crippen LogP contribution >= 0.6 is 27.5 Å². The van der Waals surface area contributed by atoms with E-state index < -0.39 is 22.2 Å². The summed E-state index contributed by atoms with van der Waals surface area (Å²) in [7, 11) is 1.69. The Hall–Kier alpha value is -2.32. The van der Waals surface area contributed by atoms with Gasteiger partial charge in [0.25, 0.3) is 5.69 Å². The van der Waals surface area contributed by atoms with Crippen molar-refractivity contribution in [1.29, 1.82) is 0 Å². The molecule has 0 spiro atoms. The molecule has 2 aromatic carbocycles. The third-order valence-electron chi connectivity index (χ3n) is 3.94. The zero-order valence-electron chi connectivity index (χ0n) is 15.0. The number of carbonyl (C=O) groups excluding carboxylic acids is 1. The molecule has 0 N–H and O–H groups in total. The molecule has 0 aliphatic heterocycles. The Bertz CT molecular complexity index is 1070. The van der Waals surface area contributed by atoms with Crippen LogP contribution in [-0.2, 0) is 7.05 Å². The minimum absolute atomic E-state index is 0.00453. The molecular formula is C18H16BrClFN3O3. The summed E-state index contributed by atoms with van der Waals surface area (Å²) in [5.74, 6) is -1.42. The number of nitro groups is 1. The Morgan fingerprint density at radius 1 is 1.33 bits per heavy atom. The molecule has 0 radical (unpaired) electrons. The molecule has 0 saturated heterocycles. The van der Waals surface area contributed by atoms with E-state index in [1.54, 1.807) is 18.7 Å². The van der Waals surface area contributed by atoms with Gasteiger partial charge in [-0.1, -0.05) is 25.4 Å². The summed E-state index contributed by atoms with van der Waals surface area (Å²) >= 11 is 9.23. The van der Waals surface area contributed by atoms with Gasteiger partial charge in [0, 0.05) is 29.8 Å². The highest BCUT2D eigenvalue weighted by Crippen LogP contribution is 2.37. The second-order valence-corrected chi connectivity index (χ2v) is 6.60. The van der Waals surface area contributed by atoms with Crippen LogP contribution in [0.3, 0.4) is 0 Å². The van der Waals surface area contributed by atoms with E-state index in [0.29, 0.717) is 16.6 Å². The van der Waals surface area contributed by atoms with E-state index in [1.807, 2.05) is 13.8 Å². The van der Waals surface area contributed by atoms with E-state index in [4.69, 9.17) is 11.6 Å². The van der Waals surface area contributed by atoms with Crippen LogP contribution in [0.1, 0.15) is 35.5 Å². The Balaban J connectivity index is 0.00000126. The molecule has 6 nitrogen and oxygen atoms in total. The number of halogens is 3. The highest BCUT2D eigenvalue weighted by Gasteiger charge is 2.30. The largest absolute Gasteiger partial charge is 0.288 e. The van der Waals surface area contributed by atoms with Crippen molar-refractivity contribution in [2.75, 3.05) is 0 Å². The minimum atomic E-state index is -0.756. The highest BCUT2D eigenvalue weighted by molar-refractivity contribution is 9.10. The van der Waals surface area contributed by atoms with E-state index >= 15 is 0 Å². The maximum absolute atomic E-state index is 13.5. The van der Waals surface area contributed by atoms with Crippen LogP contribution in [0.5, 0.6) is 0 Å². The number of nitro benzene ring substituents is 1. The van der Waals surface area contributed by atoms with Crippen LogP contribution in [0.2, 0.25) is 5.02 Å². The van der Waals surface area contributed by atoms with Crippen molar-refractivity contribution < 1.29 is 14.1 Å². The van der Waals surface area contributed by atoms with Crippen molar-refractivity contribution in [3.63, 3.8) is 0 Å². The number of hydrogen-bond donors (Lipinski definition) is 0. The molecule has 3 rings (SSSR count). The van der Waals surface area contributed by atoms with Crippen molar-refractivity contribution in [3.05, 3.63) is 66.5 Å². The Morgan fingerprint density at radius 3 is 2.56 bits per heavy atom. The number of nitrogens with zero attached hydrogens (tertiary/aromatic N) is 3. The van der Waals surface area contributed by atoms with Crippen LogP contribution < -0.4 is 0 Å². The first-order valence-corrected chi connectivity index (χ1v) is 9.19. The van der Waals surface area contributed by atoms with Crippen molar-refractivity contribution in [2.45, 2.75) is 20.8 Å². The third-order valence-corrected chi connectivity index (χ3v) is 5.04. The monoisotopic (exact) mass is 455 g/mol.